The monoisotopic (exact) mass is 269 g/mol. The Bertz CT molecular complexity index is 504. The van der Waals surface area contributed by atoms with Gasteiger partial charge < -0.3 is 10.1 Å². The SMILES string of the molecule is COC(=O)c1c(F)cc(C=CCNC(C)=O)cc1F. The van der Waals surface area contributed by atoms with Gasteiger partial charge in [-0.05, 0) is 17.7 Å². The fourth-order valence-corrected chi connectivity index (χ4v) is 1.38. The normalized spacial score (nSPS) is 10.5. The zero-order valence-electron chi connectivity index (χ0n) is 10.5. The molecule has 6 heteroatoms. The minimum Gasteiger partial charge on any atom is -0.465 e. The summed E-state index contributed by atoms with van der Waals surface area (Å²) in [7, 11) is 1.04. The van der Waals surface area contributed by atoms with E-state index in [-0.39, 0.29) is 18.0 Å². The van der Waals surface area contributed by atoms with Gasteiger partial charge in [-0.15, -0.1) is 0 Å². The number of esters is 1. The van der Waals surface area contributed by atoms with Crippen molar-refractivity contribution in [3.8, 4) is 0 Å². The van der Waals surface area contributed by atoms with Crippen LogP contribution in [-0.4, -0.2) is 25.5 Å². The Balaban J connectivity index is 2.89. The minimum absolute atomic E-state index is 0.206. The Labute approximate surface area is 109 Å². The molecule has 0 fully saturated rings. The summed E-state index contributed by atoms with van der Waals surface area (Å²) in [6.45, 7) is 1.61. The Hall–Kier alpha value is -2.24. The first-order valence-corrected chi connectivity index (χ1v) is 5.44. The van der Waals surface area contributed by atoms with Gasteiger partial charge in [0.25, 0.3) is 0 Å². The van der Waals surface area contributed by atoms with E-state index in [4.69, 9.17) is 0 Å². The van der Waals surface area contributed by atoms with E-state index in [9.17, 15) is 18.4 Å². The van der Waals surface area contributed by atoms with Crippen molar-refractivity contribution in [1.29, 1.82) is 0 Å². The fraction of sp³-hybridized carbons (Fsp3) is 0.231. The summed E-state index contributed by atoms with van der Waals surface area (Å²) < 4.78 is 31.4. The van der Waals surface area contributed by atoms with Crippen molar-refractivity contribution in [1.82, 2.24) is 5.32 Å². The molecule has 1 N–H and O–H groups in total. The van der Waals surface area contributed by atoms with Crippen LogP contribution in [-0.2, 0) is 9.53 Å². The third-order valence-corrected chi connectivity index (χ3v) is 2.23. The molecule has 102 valence electrons. The van der Waals surface area contributed by atoms with E-state index in [1.54, 1.807) is 0 Å². The molecular formula is C13H13F2NO3. The third-order valence-electron chi connectivity index (χ3n) is 2.23. The van der Waals surface area contributed by atoms with Crippen LogP contribution in [0.4, 0.5) is 8.78 Å². The van der Waals surface area contributed by atoms with Crippen LogP contribution in [0.25, 0.3) is 6.08 Å². The van der Waals surface area contributed by atoms with Gasteiger partial charge in [0.15, 0.2) is 0 Å². The molecule has 0 saturated heterocycles. The number of amides is 1. The predicted octanol–water partition coefficient (Wildman–Crippen LogP) is 1.90. The van der Waals surface area contributed by atoms with Gasteiger partial charge in [-0.2, -0.15) is 0 Å². The zero-order chi connectivity index (χ0) is 14.4. The second kappa shape index (κ2) is 6.63. The molecular weight excluding hydrogens is 256 g/mol. The average Bonchev–Trinajstić information content (AvgIpc) is 2.33. The number of ether oxygens (including phenoxy) is 1. The van der Waals surface area contributed by atoms with Crippen LogP contribution in [0, 0.1) is 11.6 Å². The van der Waals surface area contributed by atoms with Crippen molar-refractivity contribution in [2.24, 2.45) is 0 Å². The number of nitrogens with one attached hydrogen (secondary N) is 1. The van der Waals surface area contributed by atoms with Gasteiger partial charge in [0.05, 0.1) is 7.11 Å². The Morgan fingerprint density at radius 1 is 1.32 bits per heavy atom. The quantitative estimate of drug-likeness (QED) is 0.849. The van der Waals surface area contributed by atoms with Gasteiger partial charge >= 0.3 is 5.97 Å². The number of benzene rings is 1. The first-order chi connectivity index (χ1) is 8.95. The van der Waals surface area contributed by atoms with Crippen molar-refractivity contribution in [3.05, 3.63) is 41.0 Å². The van der Waals surface area contributed by atoms with Crippen molar-refractivity contribution in [3.63, 3.8) is 0 Å². The van der Waals surface area contributed by atoms with Gasteiger partial charge in [-0.1, -0.05) is 12.2 Å². The molecule has 0 aliphatic rings. The summed E-state index contributed by atoms with van der Waals surface area (Å²) in [5.74, 6) is -3.26. The second-order valence-electron chi connectivity index (χ2n) is 3.69. The van der Waals surface area contributed by atoms with E-state index in [1.165, 1.54) is 19.1 Å². The van der Waals surface area contributed by atoms with E-state index in [0.29, 0.717) is 0 Å². The maximum atomic E-state index is 13.5. The summed E-state index contributed by atoms with van der Waals surface area (Å²) in [5, 5.41) is 2.50. The molecule has 0 aliphatic heterocycles. The number of methoxy groups -OCH3 is 1. The van der Waals surface area contributed by atoms with Gasteiger partial charge in [0, 0.05) is 13.5 Å². The van der Waals surface area contributed by atoms with Crippen molar-refractivity contribution >= 4 is 18.0 Å². The number of carbonyl (C=O) groups excluding carboxylic acids is 2. The molecule has 1 aromatic carbocycles. The summed E-state index contributed by atoms with van der Waals surface area (Å²) in [4.78, 5) is 21.7. The van der Waals surface area contributed by atoms with Gasteiger partial charge in [-0.25, -0.2) is 13.6 Å². The first-order valence-electron chi connectivity index (χ1n) is 5.44. The summed E-state index contributed by atoms with van der Waals surface area (Å²) >= 11 is 0. The molecule has 0 unspecified atom stereocenters. The molecule has 0 radical (unpaired) electrons. The highest BCUT2D eigenvalue weighted by molar-refractivity contribution is 5.90. The van der Waals surface area contributed by atoms with Crippen molar-refractivity contribution < 1.29 is 23.1 Å². The average molecular weight is 269 g/mol. The fourth-order valence-electron chi connectivity index (χ4n) is 1.38. The second-order valence-corrected chi connectivity index (χ2v) is 3.69. The highest BCUT2D eigenvalue weighted by Gasteiger charge is 2.18. The van der Waals surface area contributed by atoms with E-state index >= 15 is 0 Å². The molecule has 4 nitrogen and oxygen atoms in total. The largest absolute Gasteiger partial charge is 0.465 e. The van der Waals surface area contributed by atoms with Crippen LogP contribution in [0.15, 0.2) is 18.2 Å². The molecule has 0 heterocycles. The number of carbonyl (C=O) groups is 2. The van der Waals surface area contributed by atoms with E-state index < -0.39 is 23.2 Å². The van der Waals surface area contributed by atoms with Crippen LogP contribution in [0.1, 0.15) is 22.8 Å². The maximum absolute atomic E-state index is 13.5. The molecule has 1 rings (SSSR count). The highest BCUT2D eigenvalue weighted by Crippen LogP contribution is 2.17. The third kappa shape index (κ3) is 4.17. The van der Waals surface area contributed by atoms with E-state index in [2.05, 4.69) is 10.1 Å². The maximum Gasteiger partial charge on any atom is 0.343 e. The standard InChI is InChI=1S/C13H13F2NO3/c1-8(17)16-5-3-4-9-6-10(14)12(11(15)7-9)13(18)19-2/h3-4,6-7H,5H2,1-2H3,(H,16,17). The van der Waals surface area contributed by atoms with Gasteiger partial charge in [-0.3, -0.25) is 4.79 Å². The van der Waals surface area contributed by atoms with Crippen LogP contribution in [0.3, 0.4) is 0 Å². The molecule has 0 spiro atoms. The minimum atomic E-state index is -1.07. The molecule has 0 aliphatic carbocycles. The molecule has 1 amide bonds. The number of halogens is 2. The van der Waals surface area contributed by atoms with Gasteiger partial charge in [0.1, 0.15) is 17.2 Å². The predicted molar refractivity (Wildman–Crippen MR) is 65.4 cm³/mol. The zero-order valence-corrected chi connectivity index (χ0v) is 10.5. The molecule has 0 aromatic heterocycles. The van der Waals surface area contributed by atoms with Gasteiger partial charge in [0.2, 0.25) is 5.91 Å². The van der Waals surface area contributed by atoms with E-state index in [1.807, 2.05) is 0 Å². The highest BCUT2D eigenvalue weighted by atomic mass is 19.1. The van der Waals surface area contributed by atoms with Crippen LogP contribution < -0.4 is 5.32 Å². The number of rotatable bonds is 4. The van der Waals surface area contributed by atoms with Crippen LogP contribution in [0.5, 0.6) is 0 Å². The Morgan fingerprint density at radius 3 is 2.37 bits per heavy atom. The lowest BCUT2D eigenvalue weighted by Crippen LogP contribution is -2.19. The Kier molecular flexibility index (Phi) is 5.17. The molecule has 1 aromatic rings. The van der Waals surface area contributed by atoms with Crippen molar-refractivity contribution in [2.45, 2.75) is 6.92 Å². The summed E-state index contributed by atoms with van der Waals surface area (Å²) in [6, 6.07) is 2.03. The molecule has 0 saturated carbocycles. The molecule has 0 bridgehead atoms. The topological polar surface area (TPSA) is 55.4 Å². The number of hydrogen-bond acceptors (Lipinski definition) is 3. The van der Waals surface area contributed by atoms with Crippen LogP contribution >= 0.6 is 0 Å². The lowest BCUT2D eigenvalue weighted by Gasteiger charge is -2.04. The van der Waals surface area contributed by atoms with E-state index in [0.717, 1.165) is 19.2 Å². The summed E-state index contributed by atoms with van der Waals surface area (Å²) in [5.41, 5.74) is -0.477. The first kappa shape index (κ1) is 14.8. The lowest BCUT2D eigenvalue weighted by molar-refractivity contribution is -0.118. The lowest BCUT2D eigenvalue weighted by atomic mass is 10.1. The molecule has 19 heavy (non-hydrogen) atoms. The summed E-state index contributed by atoms with van der Waals surface area (Å²) in [6.07, 6.45) is 2.97. The van der Waals surface area contributed by atoms with Crippen LogP contribution in [0.2, 0.25) is 0 Å². The molecule has 0 atom stereocenters. The Morgan fingerprint density at radius 2 is 1.89 bits per heavy atom. The smallest absolute Gasteiger partial charge is 0.343 e. The van der Waals surface area contributed by atoms with Crippen molar-refractivity contribution in [2.75, 3.05) is 13.7 Å². The number of hydrogen-bond donors (Lipinski definition) is 1.